The van der Waals surface area contributed by atoms with Gasteiger partial charge in [0.05, 0.1) is 24.4 Å². The molecule has 1 amide bonds. The second-order valence-corrected chi connectivity index (χ2v) is 6.11. The molecule has 1 aromatic rings. The lowest BCUT2D eigenvalue weighted by Crippen LogP contribution is -2.33. The summed E-state index contributed by atoms with van der Waals surface area (Å²) in [6.07, 6.45) is 3.28. The monoisotopic (exact) mass is 362 g/mol. The molecule has 0 spiro atoms. The highest BCUT2D eigenvalue weighted by Gasteiger charge is 2.27. The van der Waals surface area contributed by atoms with Crippen LogP contribution in [-0.2, 0) is 20.7 Å². The van der Waals surface area contributed by atoms with Crippen molar-refractivity contribution in [3.63, 3.8) is 0 Å². The predicted molar refractivity (Wildman–Crippen MR) is 98.5 cm³/mol. The maximum Gasteiger partial charge on any atom is 0.308 e. The van der Waals surface area contributed by atoms with Crippen LogP contribution in [0.1, 0.15) is 31.2 Å². The van der Waals surface area contributed by atoms with Gasteiger partial charge in [0.2, 0.25) is 5.91 Å². The fourth-order valence-electron chi connectivity index (χ4n) is 3.10. The van der Waals surface area contributed by atoms with Crippen LogP contribution >= 0.6 is 0 Å². The number of benzene rings is 1. The quantitative estimate of drug-likeness (QED) is 0.363. The fourth-order valence-corrected chi connectivity index (χ4v) is 3.10. The van der Waals surface area contributed by atoms with Gasteiger partial charge >= 0.3 is 5.97 Å². The highest BCUT2D eigenvalue weighted by atomic mass is 16.6. The third kappa shape index (κ3) is 6.31. The summed E-state index contributed by atoms with van der Waals surface area (Å²) in [6.45, 7) is 6.54. The molecule has 0 atom stereocenters. The number of carbonyl (C=O) groups is 2. The van der Waals surface area contributed by atoms with E-state index in [-0.39, 0.29) is 29.9 Å². The SMILES string of the molecule is C=C.COC(=O)C1CCC(CNC(=O)Cc2ccccc2[N+](=O)[O-])CC1. The third-order valence-electron chi connectivity index (χ3n) is 4.51. The largest absolute Gasteiger partial charge is 0.469 e. The minimum Gasteiger partial charge on any atom is -0.469 e. The number of amides is 1. The number of nitrogens with zero attached hydrogens (tertiary/aromatic N) is 1. The summed E-state index contributed by atoms with van der Waals surface area (Å²) in [6, 6.07) is 6.26. The van der Waals surface area contributed by atoms with E-state index >= 15 is 0 Å². The molecule has 7 heteroatoms. The van der Waals surface area contributed by atoms with Crippen molar-refractivity contribution in [2.24, 2.45) is 11.8 Å². The molecule has 0 aliphatic heterocycles. The second-order valence-electron chi connectivity index (χ2n) is 6.11. The summed E-state index contributed by atoms with van der Waals surface area (Å²) in [7, 11) is 1.40. The number of methoxy groups -OCH3 is 1. The molecule has 7 nitrogen and oxygen atoms in total. The molecule has 0 unspecified atom stereocenters. The average Bonchev–Trinajstić information content (AvgIpc) is 2.68. The topological polar surface area (TPSA) is 98.5 Å². The van der Waals surface area contributed by atoms with Crippen molar-refractivity contribution in [2.75, 3.05) is 13.7 Å². The molecule has 1 aromatic carbocycles. The van der Waals surface area contributed by atoms with E-state index in [0.29, 0.717) is 18.0 Å². The molecule has 2 rings (SSSR count). The van der Waals surface area contributed by atoms with Crippen LogP contribution in [0.15, 0.2) is 37.4 Å². The molecule has 1 aliphatic carbocycles. The highest BCUT2D eigenvalue weighted by Crippen LogP contribution is 2.29. The van der Waals surface area contributed by atoms with Crippen molar-refractivity contribution < 1.29 is 19.2 Å². The Morgan fingerprint density at radius 1 is 1.23 bits per heavy atom. The van der Waals surface area contributed by atoms with Crippen LogP contribution < -0.4 is 5.32 Å². The number of ether oxygens (including phenoxy) is 1. The van der Waals surface area contributed by atoms with Crippen molar-refractivity contribution in [3.05, 3.63) is 53.1 Å². The number of para-hydroxylation sites is 1. The number of nitrogens with one attached hydrogen (secondary N) is 1. The molecule has 0 radical (unpaired) electrons. The van der Waals surface area contributed by atoms with Crippen LogP contribution in [0.4, 0.5) is 5.69 Å². The Balaban J connectivity index is 0.00000163. The number of carbonyl (C=O) groups excluding carboxylic acids is 2. The lowest BCUT2D eigenvalue weighted by molar-refractivity contribution is -0.385. The molecule has 26 heavy (non-hydrogen) atoms. The molecule has 0 aromatic heterocycles. The highest BCUT2D eigenvalue weighted by molar-refractivity contribution is 5.79. The standard InChI is InChI=1S/C17H22N2O5.C2H4/c1-24-17(21)13-8-6-12(7-9-13)11-18-16(20)10-14-4-2-3-5-15(14)19(22)23;1-2/h2-5,12-13H,6-11H2,1H3,(H,18,20);1-2H2. The van der Waals surface area contributed by atoms with Gasteiger partial charge in [0.15, 0.2) is 0 Å². The maximum absolute atomic E-state index is 12.0. The minimum absolute atomic E-state index is 0.00530. The number of nitro benzene ring substituents is 1. The van der Waals surface area contributed by atoms with Crippen LogP contribution in [0.25, 0.3) is 0 Å². The number of hydrogen-bond donors (Lipinski definition) is 1. The summed E-state index contributed by atoms with van der Waals surface area (Å²) in [4.78, 5) is 34.0. The Hall–Kier alpha value is -2.70. The third-order valence-corrected chi connectivity index (χ3v) is 4.51. The molecule has 1 N–H and O–H groups in total. The van der Waals surface area contributed by atoms with Gasteiger partial charge in [-0.05, 0) is 31.6 Å². The zero-order valence-corrected chi connectivity index (χ0v) is 15.1. The molecule has 1 saturated carbocycles. The van der Waals surface area contributed by atoms with Gasteiger partial charge in [0.1, 0.15) is 0 Å². The first-order chi connectivity index (χ1) is 12.5. The Kier molecular flexibility index (Phi) is 9.05. The number of hydrogen-bond acceptors (Lipinski definition) is 5. The van der Waals surface area contributed by atoms with Crippen molar-refractivity contribution in [1.29, 1.82) is 0 Å². The van der Waals surface area contributed by atoms with Crippen molar-refractivity contribution >= 4 is 17.6 Å². The van der Waals surface area contributed by atoms with Crippen LogP contribution in [0.3, 0.4) is 0 Å². The minimum atomic E-state index is -0.475. The Morgan fingerprint density at radius 3 is 2.42 bits per heavy atom. The van der Waals surface area contributed by atoms with Gasteiger partial charge < -0.3 is 10.1 Å². The van der Waals surface area contributed by atoms with Gasteiger partial charge in [-0.15, -0.1) is 13.2 Å². The number of esters is 1. The van der Waals surface area contributed by atoms with Gasteiger partial charge in [-0.25, -0.2) is 0 Å². The molecule has 0 saturated heterocycles. The van der Waals surface area contributed by atoms with Crippen LogP contribution in [0.5, 0.6) is 0 Å². The predicted octanol–water partition coefficient (Wildman–Crippen LogP) is 3.04. The van der Waals surface area contributed by atoms with E-state index in [0.717, 1.165) is 25.7 Å². The summed E-state index contributed by atoms with van der Waals surface area (Å²) in [5.41, 5.74) is 0.376. The molecular weight excluding hydrogens is 336 g/mol. The van der Waals surface area contributed by atoms with E-state index < -0.39 is 4.92 Å². The van der Waals surface area contributed by atoms with Gasteiger partial charge in [0.25, 0.3) is 5.69 Å². The Bertz CT molecular complexity index is 624. The lowest BCUT2D eigenvalue weighted by atomic mass is 9.82. The average molecular weight is 362 g/mol. The fraction of sp³-hybridized carbons (Fsp3) is 0.474. The number of rotatable bonds is 6. The summed E-state index contributed by atoms with van der Waals surface area (Å²) in [5.74, 6) is -0.0807. The van der Waals surface area contributed by atoms with Gasteiger partial charge in [-0.2, -0.15) is 0 Å². The van der Waals surface area contributed by atoms with Crippen LogP contribution in [0, 0.1) is 22.0 Å². The maximum atomic E-state index is 12.0. The normalized spacial score (nSPS) is 18.8. The van der Waals surface area contributed by atoms with E-state index in [4.69, 9.17) is 4.74 Å². The first-order valence-corrected chi connectivity index (χ1v) is 8.58. The van der Waals surface area contributed by atoms with Crippen molar-refractivity contribution in [3.8, 4) is 0 Å². The zero-order valence-electron chi connectivity index (χ0n) is 15.1. The van der Waals surface area contributed by atoms with E-state index in [1.807, 2.05) is 0 Å². The molecule has 0 bridgehead atoms. The molecular formula is C19H26N2O5. The van der Waals surface area contributed by atoms with E-state index in [1.165, 1.54) is 13.2 Å². The second kappa shape index (κ2) is 11.0. The Labute approximate surface area is 153 Å². The smallest absolute Gasteiger partial charge is 0.308 e. The van der Waals surface area contributed by atoms with Crippen molar-refractivity contribution in [2.45, 2.75) is 32.1 Å². The zero-order chi connectivity index (χ0) is 19.5. The first-order valence-electron chi connectivity index (χ1n) is 8.58. The molecule has 1 fully saturated rings. The Morgan fingerprint density at radius 2 is 1.85 bits per heavy atom. The van der Waals surface area contributed by atoms with Crippen molar-refractivity contribution in [1.82, 2.24) is 5.32 Å². The summed E-state index contributed by atoms with van der Waals surface area (Å²) >= 11 is 0. The van der Waals surface area contributed by atoms with Gasteiger partial charge in [0, 0.05) is 18.2 Å². The molecule has 1 aliphatic rings. The number of nitro groups is 1. The van der Waals surface area contributed by atoms with Gasteiger partial charge in [-0.3, -0.25) is 19.7 Å². The van der Waals surface area contributed by atoms with Gasteiger partial charge in [-0.1, -0.05) is 18.2 Å². The summed E-state index contributed by atoms with van der Waals surface area (Å²) < 4.78 is 4.76. The lowest BCUT2D eigenvalue weighted by Gasteiger charge is -2.26. The van der Waals surface area contributed by atoms with E-state index in [2.05, 4.69) is 18.5 Å². The first kappa shape index (κ1) is 21.3. The van der Waals surface area contributed by atoms with Crippen LogP contribution in [-0.4, -0.2) is 30.5 Å². The molecule has 0 heterocycles. The summed E-state index contributed by atoms with van der Waals surface area (Å²) in [5, 5.41) is 13.8. The van der Waals surface area contributed by atoms with Crippen LogP contribution in [0.2, 0.25) is 0 Å². The van der Waals surface area contributed by atoms with E-state index in [9.17, 15) is 19.7 Å². The molecule has 142 valence electrons. The van der Waals surface area contributed by atoms with E-state index in [1.54, 1.807) is 18.2 Å².